The van der Waals surface area contributed by atoms with E-state index in [1.54, 1.807) is 12.1 Å². The fourth-order valence-electron chi connectivity index (χ4n) is 1.86. The van der Waals surface area contributed by atoms with Crippen LogP contribution < -0.4 is 10.1 Å². The quantitative estimate of drug-likeness (QED) is 0.885. The van der Waals surface area contributed by atoms with Gasteiger partial charge in [-0.25, -0.2) is 8.78 Å². The number of hydrogen-bond donors (Lipinski definition) is 1. The summed E-state index contributed by atoms with van der Waals surface area (Å²) in [6.45, 7) is 4.60. The van der Waals surface area contributed by atoms with Gasteiger partial charge in [0.1, 0.15) is 12.4 Å². The number of pyridine rings is 1. The van der Waals surface area contributed by atoms with Gasteiger partial charge in [-0.1, -0.05) is 26.0 Å². The van der Waals surface area contributed by atoms with Crippen LogP contribution in [0, 0.1) is 11.6 Å². The maximum atomic E-state index is 13.9. The first-order valence-corrected chi connectivity index (χ1v) is 6.79. The van der Waals surface area contributed by atoms with Gasteiger partial charge in [-0.2, -0.15) is 0 Å². The minimum atomic E-state index is -0.439. The number of para-hydroxylation sites is 1. The number of aromatic nitrogens is 1. The minimum absolute atomic E-state index is 0.0698. The number of rotatable bonds is 6. The average molecular weight is 292 g/mol. The molecule has 1 aromatic carbocycles. The zero-order valence-electron chi connectivity index (χ0n) is 12.1. The Bertz CT molecular complexity index is 603. The summed E-state index contributed by atoms with van der Waals surface area (Å²) in [5.41, 5.74) is 1.29. The molecule has 5 heteroatoms. The number of nitrogens with one attached hydrogen (secondary N) is 1. The maximum absolute atomic E-state index is 13.9. The summed E-state index contributed by atoms with van der Waals surface area (Å²) in [5, 5.41) is 3.22. The maximum Gasteiger partial charge on any atom is 0.165 e. The van der Waals surface area contributed by atoms with Crippen LogP contribution in [0.5, 0.6) is 5.75 Å². The number of halogens is 2. The average Bonchev–Trinajstić information content (AvgIpc) is 2.44. The van der Waals surface area contributed by atoms with Gasteiger partial charge in [0.25, 0.3) is 0 Å². The normalized spacial score (nSPS) is 10.9. The lowest BCUT2D eigenvalue weighted by Gasteiger charge is -2.14. The highest BCUT2D eigenvalue weighted by atomic mass is 19.1. The summed E-state index contributed by atoms with van der Waals surface area (Å²) < 4.78 is 32.5. The molecular formula is C16H18F2N2O. The fourth-order valence-corrected chi connectivity index (χ4v) is 1.86. The van der Waals surface area contributed by atoms with Crippen LogP contribution in [0.4, 0.5) is 8.78 Å². The van der Waals surface area contributed by atoms with E-state index < -0.39 is 11.6 Å². The van der Waals surface area contributed by atoms with Gasteiger partial charge in [0.15, 0.2) is 11.6 Å². The second kappa shape index (κ2) is 7.13. The van der Waals surface area contributed by atoms with E-state index in [0.29, 0.717) is 12.1 Å². The van der Waals surface area contributed by atoms with Crippen molar-refractivity contribution in [2.24, 2.45) is 0 Å². The molecular weight excluding hydrogens is 274 g/mol. The van der Waals surface area contributed by atoms with Crippen molar-refractivity contribution in [1.29, 1.82) is 0 Å². The van der Waals surface area contributed by atoms with Crippen LogP contribution in [0.2, 0.25) is 0 Å². The molecule has 0 saturated heterocycles. The summed E-state index contributed by atoms with van der Waals surface area (Å²) in [4.78, 5) is 3.74. The molecule has 1 N–H and O–H groups in total. The fraction of sp³-hybridized carbons (Fsp3) is 0.312. The second-order valence-electron chi connectivity index (χ2n) is 5.06. The third-order valence-corrected chi connectivity index (χ3v) is 2.89. The molecule has 3 nitrogen and oxygen atoms in total. The summed E-state index contributed by atoms with van der Waals surface area (Å²) >= 11 is 0. The SMILES string of the molecule is CC(C)NCc1cccc(F)c1OCc1cncc(F)c1. The van der Waals surface area contributed by atoms with Crippen LogP contribution >= 0.6 is 0 Å². The van der Waals surface area contributed by atoms with E-state index in [9.17, 15) is 8.78 Å². The van der Waals surface area contributed by atoms with Gasteiger partial charge in [-0.3, -0.25) is 4.98 Å². The highest BCUT2D eigenvalue weighted by Crippen LogP contribution is 2.24. The van der Waals surface area contributed by atoms with Crippen LogP contribution in [0.15, 0.2) is 36.7 Å². The van der Waals surface area contributed by atoms with Crippen LogP contribution in [0.1, 0.15) is 25.0 Å². The lowest BCUT2D eigenvalue weighted by molar-refractivity contribution is 0.284. The highest BCUT2D eigenvalue weighted by Gasteiger charge is 2.10. The van der Waals surface area contributed by atoms with E-state index in [1.807, 2.05) is 13.8 Å². The van der Waals surface area contributed by atoms with E-state index >= 15 is 0 Å². The van der Waals surface area contributed by atoms with Gasteiger partial charge < -0.3 is 10.1 Å². The molecule has 0 aliphatic heterocycles. The van der Waals surface area contributed by atoms with Crippen molar-refractivity contribution < 1.29 is 13.5 Å². The Hall–Kier alpha value is -2.01. The predicted octanol–water partition coefficient (Wildman–Crippen LogP) is 3.44. The van der Waals surface area contributed by atoms with Gasteiger partial charge in [0.2, 0.25) is 0 Å². The Morgan fingerprint density at radius 3 is 2.76 bits per heavy atom. The molecule has 0 fully saturated rings. The molecule has 112 valence electrons. The molecule has 21 heavy (non-hydrogen) atoms. The largest absolute Gasteiger partial charge is 0.485 e. The first-order valence-electron chi connectivity index (χ1n) is 6.79. The smallest absolute Gasteiger partial charge is 0.165 e. The number of ether oxygens (including phenoxy) is 1. The molecule has 0 unspecified atom stereocenters. The van der Waals surface area contributed by atoms with Crippen molar-refractivity contribution in [3.63, 3.8) is 0 Å². The molecule has 2 aromatic rings. The van der Waals surface area contributed by atoms with Gasteiger partial charge in [-0.15, -0.1) is 0 Å². The molecule has 0 aliphatic rings. The molecule has 0 amide bonds. The Labute approximate surface area is 123 Å². The van der Waals surface area contributed by atoms with Crippen LogP contribution in [0.3, 0.4) is 0 Å². The molecule has 1 heterocycles. The molecule has 2 rings (SSSR count). The van der Waals surface area contributed by atoms with Crippen molar-refractivity contribution in [3.8, 4) is 5.75 Å². The zero-order chi connectivity index (χ0) is 15.2. The van der Waals surface area contributed by atoms with Crippen LogP contribution in [-0.4, -0.2) is 11.0 Å². The lowest BCUT2D eigenvalue weighted by Crippen LogP contribution is -2.22. The van der Waals surface area contributed by atoms with Gasteiger partial charge >= 0.3 is 0 Å². The van der Waals surface area contributed by atoms with Crippen molar-refractivity contribution in [2.45, 2.75) is 33.0 Å². The van der Waals surface area contributed by atoms with Gasteiger partial charge in [0.05, 0.1) is 6.20 Å². The van der Waals surface area contributed by atoms with Gasteiger partial charge in [0, 0.05) is 29.9 Å². The molecule has 0 radical (unpaired) electrons. The predicted molar refractivity (Wildman–Crippen MR) is 76.9 cm³/mol. The highest BCUT2D eigenvalue weighted by molar-refractivity contribution is 5.35. The summed E-state index contributed by atoms with van der Waals surface area (Å²) in [6.07, 6.45) is 2.61. The molecule has 0 atom stereocenters. The Morgan fingerprint density at radius 2 is 2.05 bits per heavy atom. The standard InChI is InChI=1S/C16H18F2N2O/c1-11(2)20-8-13-4-3-5-15(18)16(13)21-10-12-6-14(17)9-19-7-12/h3-7,9,11,20H,8,10H2,1-2H3. The molecule has 1 aromatic heterocycles. The Kier molecular flexibility index (Phi) is 5.22. The van der Waals surface area contributed by atoms with Gasteiger partial charge in [-0.05, 0) is 12.1 Å². The molecule has 0 aliphatic carbocycles. The van der Waals surface area contributed by atoms with Crippen molar-refractivity contribution >= 4 is 0 Å². The third kappa shape index (κ3) is 4.49. The van der Waals surface area contributed by atoms with Crippen molar-refractivity contribution in [1.82, 2.24) is 10.3 Å². The lowest BCUT2D eigenvalue weighted by atomic mass is 10.2. The van der Waals surface area contributed by atoms with E-state index in [-0.39, 0.29) is 18.4 Å². The first kappa shape index (κ1) is 15.4. The van der Waals surface area contributed by atoms with E-state index in [1.165, 1.54) is 18.3 Å². The van der Waals surface area contributed by atoms with Crippen LogP contribution in [0.25, 0.3) is 0 Å². The topological polar surface area (TPSA) is 34.1 Å². The Morgan fingerprint density at radius 1 is 1.24 bits per heavy atom. The van der Waals surface area contributed by atoms with E-state index in [0.717, 1.165) is 11.8 Å². The number of nitrogens with zero attached hydrogens (tertiary/aromatic N) is 1. The molecule has 0 spiro atoms. The number of hydrogen-bond acceptors (Lipinski definition) is 3. The molecule has 0 saturated carbocycles. The van der Waals surface area contributed by atoms with Crippen LogP contribution in [-0.2, 0) is 13.2 Å². The van der Waals surface area contributed by atoms with E-state index in [4.69, 9.17) is 4.74 Å². The second-order valence-corrected chi connectivity index (χ2v) is 5.06. The zero-order valence-corrected chi connectivity index (χ0v) is 12.1. The van der Waals surface area contributed by atoms with Crippen molar-refractivity contribution in [2.75, 3.05) is 0 Å². The molecule has 0 bridgehead atoms. The minimum Gasteiger partial charge on any atom is -0.485 e. The third-order valence-electron chi connectivity index (χ3n) is 2.89. The summed E-state index contributed by atoms with van der Waals surface area (Å²) in [5.74, 6) is -0.677. The first-order chi connectivity index (χ1) is 10.1. The monoisotopic (exact) mass is 292 g/mol. The van der Waals surface area contributed by atoms with Crippen molar-refractivity contribution in [3.05, 3.63) is 59.4 Å². The Balaban J connectivity index is 2.11. The number of benzene rings is 1. The summed E-state index contributed by atoms with van der Waals surface area (Å²) in [6, 6.07) is 6.40. The van der Waals surface area contributed by atoms with E-state index in [2.05, 4.69) is 10.3 Å². The summed E-state index contributed by atoms with van der Waals surface area (Å²) in [7, 11) is 0.